The summed E-state index contributed by atoms with van der Waals surface area (Å²) in [6, 6.07) is 9.17. The maximum Gasteiger partial charge on any atom is 0.267 e. The SMILES string of the molecule is COCCNC(=O)c1cc(C(=O)c2ccc(C(C)(C)C)cc2)c[nH]1. The van der Waals surface area contributed by atoms with Crippen LogP contribution in [0.1, 0.15) is 52.7 Å². The Morgan fingerprint density at radius 2 is 1.79 bits per heavy atom. The molecule has 1 aromatic carbocycles. The fourth-order valence-electron chi connectivity index (χ4n) is 2.31. The number of ether oxygens (including phenoxy) is 1. The molecule has 0 radical (unpaired) electrons. The average Bonchev–Trinajstić information content (AvgIpc) is 3.03. The van der Waals surface area contributed by atoms with Gasteiger partial charge in [-0.15, -0.1) is 0 Å². The molecule has 0 aliphatic carbocycles. The van der Waals surface area contributed by atoms with Crippen LogP contribution in [0.5, 0.6) is 0 Å². The summed E-state index contributed by atoms with van der Waals surface area (Å²) in [6.07, 6.45) is 1.56. The summed E-state index contributed by atoms with van der Waals surface area (Å²) in [5.41, 5.74) is 2.65. The van der Waals surface area contributed by atoms with Crippen molar-refractivity contribution in [1.29, 1.82) is 0 Å². The molecule has 0 spiro atoms. The molecule has 2 N–H and O–H groups in total. The summed E-state index contributed by atoms with van der Waals surface area (Å²) in [5, 5.41) is 2.71. The number of hydrogen-bond acceptors (Lipinski definition) is 3. The topological polar surface area (TPSA) is 71.2 Å². The second-order valence-corrected chi connectivity index (χ2v) is 6.71. The van der Waals surface area contributed by atoms with Crippen LogP contribution in [-0.2, 0) is 10.2 Å². The molecule has 0 fully saturated rings. The number of methoxy groups -OCH3 is 1. The average molecular weight is 328 g/mol. The first-order valence-corrected chi connectivity index (χ1v) is 7.93. The van der Waals surface area contributed by atoms with Crippen molar-refractivity contribution in [3.05, 3.63) is 58.9 Å². The van der Waals surface area contributed by atoms with E-state index < -0.39 is 0 Å². The van der Waals surface area contributed by atoms with E-state index >= 15 is 0 Å². The summed E-state index contributed by atoms with van der Waals surface area (Å²) in [7, 11) is 1.57. The van der Waals surface area contributed by atoms with Crippen LogP contribution in [-0.4, -0.2) is 36.9 Å². The molecule has 128 valence electrons. The number of H-pyrrole nitrogens is 1. The Balaban J connectivity index is 2.09. The minimum atomic E-state index is -0.255. The summed E-state index contributed by atoms with van der Waals surface area (Å²) < 4.78 is 4.88. The minimum Gasteiger partial charge on any atom is -0.383 e. The van der Waals surface area contributed by atoms with Crippen molar-refractivity contribution in [3.63, 3.8) is 0 Å². The van der Waals surface area contributed by atoms with Crippen LogP contribution in [0, 0.1) is 0 Å². The van der Waals surface area contributed by atoms with Gasteiger partial charge in [-0.05, 0) is 17.0 Å². The van der Waals surface area contributed by atoms with Crippen LogP contribution in [0.15, 0.2) is 36.5 Å². The zero-order chi connectivity index (χ0) is 17.7. The van der Waals surface area contributed by atoms with E-state index in [0.717, 1.165) is 0 Å². The number of nitrogens with one attached hydrogen (secondary N) is 2. The van der Waals surface area contributed by atoms with Gasteiger partial charge in [-0.25, -0.2) is 0 Å². The van der Waals surface area contributed by atoms with Gasteiger partial charge in [0.25, 0.3) is 5.91 Å². The quantitative estimate of drug-likeness (QED) is 0.633. The lowest BCUT2D eigenvalue weighted by Gasteiger charge is -2.18. The molecule has 0 atom stereocenters. The van der Waals surface area contributed by atoms with E-state index in [2.05, 4.69) is 31.1 Å². The molecular weight excluding hydrogens is 304 g/mol. The van der Waals surface area contributed by atoms with Crippen LogP contribution in [0.2, 0.25) is 0 Å². The lowest BCUT2D eigenvalue weighted by Crippen LogP contribution is -2.27. The van der Waals surface area contributed by atoms with Crippen molar-refractivity contribution in [3.8, 4) is 0 Å². The van der Waals surface area contributed by atoms with Crippen LogP contribution < -0.4 is 5.32 Å². The van der Waals surface area contributed by atoms with Crippen LogP contribution in [0.4, 0.5) is 0 Å². The molecule has 5 nitrogen and oxygen atoms in total. The normalized spacial score (nSPS) is 11.3. The van der Waals surface area contributed by atoms with E-state index in [1.165, 1.54) is 5.56 Å². The van der Waals surface area contributed by atoms with Gasteiger partial charge in [0, 0.05) is 31.0 Å². The zero-order valence-corrected chi connectivity index (χ0v) is 14.6. The Hall–Kier alpha value is -2.40. The van der Waals surface area contributed by atoms with Gasteiger partial charge in [-0.2, -0.15) is 0 Å². The fourth-order valence-corrected chi connectivity index (χ4v) is 2.31. The first-order valence-electron chi connectivity index (χ1n) is 7.93. The monoisotopic (exact) mass is 328 g/mol. The maximum absolute atomic E-state index is 12.5. The second kappa shape index (κ2) is 7.45. The summed E-state index contributed by atoms with van der Waals surface area (Å²) in [4.78, 5) is 27.3. The third-order valence-electron chi connectivity index (χ3n) is 3.79. The number of benzene rings is 1. The molecule has 0 bridgehead atoms. The number of carbonyl (C=O) groups excluding carboxylic acids is 2. The van der Waals surface area contributed by atoms with E-state index in [4.69, 9.17) is 4.74 Å². The number of ketones is 1. The molecule has 0 saturated heterocycles. The Morgan fingerprint density at radius 3 is 2.38 bits per heavy atom. The first-order chi connectivity index (χ1) is 11.3. The summed E-state index contributed by atoms with van der Waals surface area (Å²) in [6.45, 7) is 7.25. The lowest BCUT2D eigenvalue weighted by molar-refractivity contribution is 0.0932. The molecule has 2 rings (SSSR count). The maximum atomic E-state index is 12.5. The van der Waals surface area contributed by atoms with Gasteiger partial charge in [0.2, 0.25) is 0 Å². The third-order valence-corrected chi connectivity index (χ3v) is 3.79. The van der Waals surface area contributed by atoms with E-state index in [0.29, 0.717) is 30.0 Å². The molecule has 24 heavy (non-hydrogen) atoms. The molecular formula is C19H24N2O3. The summed E-state index contributed by atoms with van der Waals surface area (Å²) in [5.74, 6) is -0.364. The van der Waals surface area contributed by atoms with Crippen molar-refractivity contribution in [2.75, 3.05) is 20.3 Å². The van der Waals surface area contributed by atoms with Crippen molar-refractivity contribution in [2.24, 2.45) is 0 Å². The van der Waals surface area contributed by atoms with Crippen molar-refractivity contribution >= 4 is 11.7 Å². The van der Waals surface area contributed by atoms with Crippen LogP contribution in [0.25, 0.3) is 0 Å². The second-order valence-electron chi connectivity index (χ2n) is 6.71. The predicted molar refractivity (Wildman–Crippen MR) is 93.6 cm³/mol. The van der Waals surface area contributed by atoms with E-state index in [-0.39, 0.29) is 17.1 Å². The molecule has 1 heterocycles. The molecule has 1 aromatic heterocycles. The Morgan fingerprint density at radius 1 is 1.12 bits per heavy atom. The highest BCUT2D eigenvalue weighted by atomic mass is 16.5. The Labute approximate surface area is 142 Å². The molecule has 0 aliphatic heterocycles. The number of aromatic nitrogens is 1. The number of aromatic amines is 1. The minimum absolute atomic E-state index is 0.0448. The molecule has 0 saturated carbocycles. The van der Waals surface area contributed by atoms with Crippen molar-refractivity contribution in [2.45, 2.75) is 26.2 Å². The molecule has 0 aliphatic rings. The summed E-state index contributed by atoms with van der Waals surface area (Å²) >= 11 is 0. The standard InChI is InChI=1S/C19H24N2O3/c1-19(2,3)15-7-5-13(6-8-15)17(22)14-11-16(21-12-14)18(23)20-9-10-24-4/h5-8,11-12,21H,9-10H2,1-4H3,(H,20,23). The van der Waals surface area contributed by atoms with E-state index in [1.54, 1.807) is 19.4 Å². The van der Waals surface area contributed by atoms with Crippen LogP contribution in [0.3, 0.4) is 0 Å². The zero-order valence-electron chi connectivity index (χ0n) is 14.6. The molecule has 2 aromatic rings. The third kappa shape index (κ3) is 4.32. The van der Waals surface area contributed by atoms with E-state index in [1.807, 2.05) is 24.3 Å². The molecule has 0 unspecified atom stereocenters. The number of hydrogen-bond donors (Lipinski definition) is 2. The van der Waals surface area contributed by atoms with Gasteiger partial charge in [0.05, 0.1) is 6.61 Å². The Kier molecular flexibility index (Phi) is 5.57. The van der Waals surface area contributed by atoms with Crippen LogP contribution >= 0.6 is 0 Å². The number of rotatable bonds is 6. The highest BCUT2D eigenvalue weighted by molar-refractivity contribution is 6.10. The lowest BCUT2D eigenvalue weighted by atomic mass is 9.86. The van der Waals surface area contributed by atoms with Gasteiger partial charge in [0.15, 0.2) is 5.78 Å². The highest BCUT2D eigenvalue weighted by Crippen LogP contribution is 2.23. The van der Waals surface area contributed by atoms with Gasteiger partial charge < -0.3 is 15.0 Å². The number of amides is 1. The first kappa shape index (κ1) is 17.9. The Bertz CT molecular complexity index is 709. The number of carbonyl (C=O) groups is 2. The fraction of sp³-hybridized carbons (Fsp3) is 0.368. The predicted octanol–water partition coefficient (Wildman–Crippen LogP) is 2.92. The smallest absolute Gasteiger partial charge is 0.267 e. The largest absolute Gasteiger partial charge is 0.383 e. The van der Waals surface area contributed by atoms with Gasteiger partial charge in [-0.3, -0.25) is 9.59 Å². The van der Waals surface area contributed by atoms with Crippen molar-refractivity contribution < 1.29 is 14.3 Å². The molecule has 1 amide bonds. The van der Waals surface area contributed by atoms with Gasteiger partial charge in [-0.1, -0.05) is 45.0 Å². The van der Waals surface area contributed by atoms with E-state index in [9.17, 15) is 9.59 Å². The molecule has 5 heteroatoms. The van der Waals surface area contributed by atoms with Gasteiger partial charge >= 0.3 is 0 Å². The van der Waals surface area contributed by atoms with Crippen molar-refractivity contribution in [1.82, 2.24) is 10.3 Å². The highest BCUT2D eigenvalue weighted by Gasteiger charge is 2.17. The van der Waals surface area contributed by atoms with Gasteiger partial charge in [0.1, 0.15) is 5.69 Å².